The summed E-state index contributed by atoms with van der Waals surface area (Å²) in [7, 11) is 0. The summed E-state index contributed by atoms with van der Waals surface area (Å²) in [5.74, 6) is 0.242. The van der Waals surface area contributed by atoms with Crippen molar-refractivity contribution in [1.82, 2.24) is 4.98 Å². The molecule has 0 aliphatic rings. The number of aromatic hydroxyl groups is 1. The average Bonchev–Trinajstić information content (AvgIpc) is 2.16. The maximum absolute atomic E-state index is 9.51. The van der Waals surface area contributed by atoms with E-state index in [9.17, 15) is 4.57 Å². The lowest BCUT2D eigenvalue weighted by Crippen LogP contribution is -1.78. The van der Waals surface area contributed by atoms with Crippen molar-refractivity contribution in [3.63, 3.8) is 0 Å². The van der Waals surface area contributed by atoms with Crippen molar-refractivity contribution in [3.05, 3.63) is 35.5 Å². The second kappa shape index (κ2) is 6.12. The van der Waals surface area contributed by atoms with Crippen LogP contribution in [0, 0.1) is 0 Å². The van der Waals surface area contributed by atoms with Crippen molar-refractivity contribution in [2.24, 2.45) is 0 Å². The molecule has 2 aromatic rings. The molecule has 1 N–H and O–H groups in total. The van der Waals surface area contributed by atoms with Gasteiger partial charge in [0.15, 0.2) is 0 Å². The van der Waals surface area contributed by atoms with Gasteiger partial charge in [-0.3, -0.25) is 4.57 Å². The summed E-state index contributed by atoms with van der Waals surface area (Å²) >= 11 is 19.5. The van der Waals surface area contributed by atoms with E-state index in [1.807, 2.05) is 6.07 Å². The monoisotopic (exact) mass is 331 g/mol. The SMILES string of the molecule is O=P(Cl)(Cl)Cl.Oc1ccc2nc(Cl)ccc2c1. The Bertz CT molecular complexity index is 522. The Morgan fingerprint density at radius 2 is 1.71 bits per heavy atom. The predicted octanol–water partition coefficient (Wildman–Crippen LogP) is 5.40. The van der Waals surface area contributed by atoms with Gasteiger partial charge in [-0.15, -0.1) is 0 Å². The molecule has 8 heteroatoms. The number of pyridine rings is 1. The maximum Gasteiger partial charge on any atom is 0.339 e. The fraction of sp³-hybridized carbons (Fsp3) is 0. The van der Waals surface area contributed by atoms with E-state index in [1.54, 1.807) is 24.3 Å². The van der Waals surface area contributed by atoms with E-state index in [-0.39, 0.29) is 5.75 Å². The van der Waals surface area contributed by atoms with Crippen LogP contribution in [0.15, 0.2) is 30.3 Å². The van der Waals surface area contributed by atoms with Gasteiger partial charge < -0.3 is 5.11 Å². The lowest BCUT2D eigenvalue weighted by atomic mass is 10.2. The summed E-state index contributed by atoms with van der Waals surface area (Å²) in [4.78, 5) is 4.07. The molecule has 0 bridgehead atoms. The average molecular weight is 333 g/mol. The molecule has 0 radical (unpaired) electrons. The van der Waals surface area contributed by atoms with Gasteiger partial charge in [-0.2, -0.15) is 0 Å². The molecule has 0 amide bonds. The van der Waals surface area contributed by atoms with Crippen molar-refractivity contribution < 1.29 is 9.67 Å². The van der Waals surface area contributed by atoms with Gasteiger partial charge in [0.2, 0.25) is 0 Å². The molecule has 1 aromatic heterocycles. The van der Waals surface area contributed by atoms with E-state index in [2.05, 4.69) is 38.7 Å². The largest absolute Gasteiger partial charge is 0.508 e. The Hall–Kier alpha value is -0.180. The zero-order valence-corrected chi connectivity index (χ0v) is 12.1. The van der Waals surface area contributed by atoms with Gasteiger partial charge in [0.25, 0.3) is 0 Å². The minimum absolute atomic E-state index is 0.242. The lowest BCUT2D eigenvalue weighted by molar-refractivity contribution is 0.476. The number of phenols is 1. The first-order valence-electron chi connectivity index (χ1n) is 4.20. The highest BCUT2D eigenvalue weighted by Crippen LogP contribution is 2.61. The summed E-state index contributed by atoms with van der Waals surface area (Å²) in [5.41, 5.74) is 0.792. The molecule has 2 rings (SSSR count). The fourth-order valence-corrected chi connectivity index (χ4v) is 1.24. The second-order valence-electron chi connectivity index (χ2n) is 2.91. The van der Waals surface area contributed by atoms with Gasteiger partial charge in [-0.25, -0.2) is 4.98 Å². The highest BCUT2D eigenvalue weighted by molar-refractivity contribution is 8.24. The van der Waals surface area contributed by atoms with Crippen LogP contribution >= 0.6 is 50.5 Å². The van der Waals surface area contributed by atoms with E-state index < -0.39 is 5.20 Å². The molecule has 3 nitrogen and oxygen atoms in total. The summed E-state index contributed by atoms with van der Waals surface area (Å²) in [6.07, 6.45) is 0. The van der Waals surface area contributed by atoms with Crippen molar-refractivity contribution in [3.8, 4) is 5.75 Å². The van der Waals surface area contributed by atoms with Crippen LogP contribution in [0.5, 0.6) is 5.75 Å². The number of fused-ring (bicyclic) bond motifs is 1. The highest BCUT2D eigenvalue weighted by Gasteiger charge is 2.03. The first kappa shape index (κ1) is 14.9. The Kier molecular flexibility index (Phi) is 5.36. The third kappa shape index (κ3) is 6.35. The molecule has 0 fully saturated rings. The molecule has 1 heterocycles. The molecular weight excluding hydrogens is 327 g/mol. The van der Waals surface area contributed by atoms with E-state index >= 15 is 0 Å². The fourth-order valence-electron chi connectivity index (χ4n) is 1.09. The van der Waals surface area contributed by atoms with Crippen molar-refractivity contribution in [2.75, 3.05) is 0 Å². The number of benzene rings is 1. The summed E-state index contributed by atoms with van der Waals surface area (Å²) in [5, 5.41) is 7.27. The number of nitrogens with zero attached hydrogens (tertiary/aromatic N) is 1. The zero-order valence-electron chi connectivity index (χ0n) is 8.15. The van der Waals surface area contributed by atoms with Crippen LogP contribution in [0.3, 0.4) is 0 Å². The van der Waals surface area contributed by atoms with E-state index in [0.29, 0.717) is 5.15 Å². The Balaban J connectivity index is 0.000000249. The van der Waals surface area contributed by atoms with Gasteiger partial charge >= 0.3 is 5.20 Å². The van der Waals surface area contributed by atoms with E-state index in [4.69, 9.17) is 16.7 Å². The van der Waals surface area contributed by atoms with Gasteiger partial charge in [-0.05, 0) is 64.1 Å². The van der Waals surface area contributed by atoms with Crippen LogP contribution in [0.1, 0.15) is 0 Å². The van der Waals surface area contributed by atoms with Gasteiger partial charge in [-0.1, -0.05) is 11.6 Å². The standard InChI is InChI=1S/C9H6ClNO.Cl3OP/c10-9-4-1-6-5-7(12)2-3-8(6)11-9;1-5(2,3)4/h1-5,12H;. The quantitative estimate of drug-likeness (QED) is 0.518. The first-order chi connectivity index (χ1) is 7.75. The number of halogens is 4. The predicted molar refractivity (Wildman–Crippen MR) is 73.6 cm³/mol. The van der Waals surface area contributed by atoms with E-state index in [1.165, 1.54) is 0 Å². The van der Waals surface area contributed by atoms with Gasteiger partial charge in [0.1, 0.15) is 10.9 Å². The smallest absolute Gasteiger partial charge is 0.339 e. The lowest BCUT2D eigenvalue weighted by Gasteiger charge is -1.97. The van der Waals surface area contributed by atoms with Crippen molar-refractivity contribution in [1.29, 1.82) is 0 Å². The Morgan fingerprint density at radius 1 is 1.12 bits per heavy atom. The molecule has 0 aliphatic carbocycles. The van der Waals surface area contributed by atoms with E-state index in [0.717, 1.165) is 10.9 Å². The van der Waals surface area contributed by atoms with Crippen LogP contribution in [-0.4, -0.2) is 10.1 Å². The van der Waals surface area contributed by atoms with Crippen molar-refractivity contribution >= 4 is 61.4 Å². The Labute approximate surface area is 117 Å². The molecule has 0 saturated carbocycles. The summed E-state index contributed by atoms with van der Waals surface area (Å²) in [6, 6.07) is 8.49. The molecule has 1 aromatic carbocycles. The molecule has 0 spiro atoms. The number of hydrogen-bond acceptors (Lipinski definition) is 3. The normalized spacial score (nSPS) is 10.8. The minimum atomic E-state index is -3.22. The third-order valence-corrected chi connectivity index (χ3v) is 1.85. The first-order valence-corrected chi connectivity index (χ1v) is 9.00. The van der Waals surface area contributed by atoms with Crippen LogP contribution in [-0.2, 0) is 4.57 Å². The van der Waals surface area contributed by atoms with Crippen LogP contribution in [0.2, 0.25) is 5.15 Å². The number of rotatable bonds is 0. The molecule has 17 heavy (non-hydrogen) atoms. The summed E-state index contributed by atoms with van der Waals surface area (Å²) < 4.78 is 9.51. The van der Waals surface area contributed by atoms with Crippen LogP contribution in [0.4, 0.5) is 0 Å². The van der Waals surface area contributed by atoms with Crippen LogP contribution in [0.25, 0.3) is 10.9 Å². The molecule has 0 atom stereocenters. The summed E-state index contributed by atoms with van der Waals surface area (Å²) in [6.45, 7) is 0. The number of phenolic OH excluding ortho intramolecular Hbond substituents is 1. The van der Waals surface area contributed by atoms with Crippen LogP contribution < -0.4 is 0 Å². The molecule has 0 unspecified atom stereocenters. The zero-order chi connectivity index (χ0) is 13.1. The molecule has 0 aliphatic heterocycles. The molecule has 92 valence electrons. The maximum atomic E-state index is 9.51. The number of hydrogen-bond donors (Lipinski definition) is 1. The minimum Gasteiger partial charge on any atom is -0.508 e. The topological polar surface area (TPSA) is 50.2 Å². The second-order valence-corrected chi connectivity index (χ2v) is 9.94. The molecule has 0 saturated heterocycles. The van der Waals surface area contributed by atoms with Gasteiger partial charge in [0, 0.05) is 5.39 Å². The number of aromatic nitrogens is 1. The third-order valence-electron chi connectivity index (χ3n) is 1.64. The van der Waals surface area contributed by atoms with Gasteiger partial charge in [0.05, 0.1) is 5.52 Å². The highest BCUT2D eigenvalue weighted by atomic mass is 36.0. The molecular formula is C9H6Cl4NO2P. The Morgan fingerprint density at radius 3 is 2.29 bits per heavy atom. The van der Waals surface area contributed by atoms with Crippen molar-refractivity contribution in [2.45, 2.75) is 0 Å².